The first-order chi connectivity index (χ1) is 8.56. The lowest BCUT2D eigenvalue weighted by Gasteiger charge is -2.25. The van der Waals surface area contributed by atoms with Gasteiger partial charge in [-0.15, -0.1) is 0 Å². The second kappa shape index (κ2) is 5.24. The number of methoxy groups -OCH3 is 1. The number of hydrogen-bond donors (Lipinski definition) is 1. The zero-order valence-corrected chi connectivity index (χ0v) is 12.0. The summed E-state index contributed by atoms with van der Waals surface area (Å²) in [6.45, 7) is 3.48. The van der Waals surface area contributed by atoms with E-state index in [4.69, 9.17) is 22.7 Å². The Morgan fingerprint density at radius 3 is 2.78 bits per heavy atom. The maximum Gasteiger partial charge on any atom is 0.137 e. The maximum atomic E-state index is 5.84. The number of thiocarbonyl (C=S) groups is 1. The smallest absolute Gasteiger partial charge is 0.137 e. The molecule has 5 nitrogen and oxygen atoms in total. The molecule has 0 bridgehead atoms. The lowest BCUT2D eigenvalue weighted by atomic mass is 10.2. The van der Waals surface area contributed by atoms with Crippen LogP contribution in [0.2, 0.25) is 0 Å². The number of nitrogens with two attached hydrogens (primary N) is 1. The molecule has 0 aliphatic heterocycles. The average molecular weight is 268 g/mol. The quantitative estimate of drug-likeness (QED) is 0.779. The zero-order chi connectivity index (χ0) is 13.3. The first-order valence-corrected chi connectivity index (χ1v) is 6.56. The zero-order valence-electron chi connectivity index (χ0n) is 11.1. The average Bonchev–Trinajstić information content (AvgIpc) is 3.06. The fraction of sp³-hybridized carbons (Fsp3) is 0.667. The van der Waals surface area contributed by atoms with Crippen LogP contribution in [0.1, 0.15) is 24.1 Å². The summed E-state index contributed by atoms with van der Waals surface area (Å²) in [7, 11) is 3.65. The van der Waals surface area contributed by atoms with E-state index in [1.807, 2.05) is 18.7 Å². The third kappa shape index (κ3) is 2.49. The van der Waals surface area contributed by atoms with Gasteiger partial charge < -0.3 is 15.4 Å². The number of anilines is 1. The summed E-state index contributed by atoms with van der Waals surface area (Å²) in [6, 6.07) is 0.572. The van der Waals surface area contributed by atoms with Gasteiger partial charge in [0.2, 0.25) is 0 Å². The Balaban J connectivity index is 2.36. The second-order valence-corrected chi connectivity index (χ2v) is 5.13. The van der Waals surface area contributed by atoms with Gasteiger partial charge in [-0.3, -0.25) is 4.68 Å². The largest absolute Gasteiger partial charge is 0.389 e. The van der Waals surface area contributed by atoms with E-state index >= 15 is 0 Å². The summed E-state index contributed by atoms with van der Waals surface area (Å²) in [4.78, 5) is 2.73. The highest BCUT2D eigenvalue weighted by atomic mass is 32.1. The summed E-state index contributed by atoms with van der Waals surface area (Å²) in [5.74, 6) is 1.03. The lowest BCUT2D eigenvalue weighted by molar-refractivity contribution is 0.204. The van der Waals surface area contributed by atoms with Crippen LogP contribution in [0.15, 0.2) is 0 Å². The molecular formula is C12H20N4OS. The Morgan fingerprint density at radius 1 is 1.61 bits per heavy atom. The standard InChI is InChI=1S/C12H20N4OS/c1-8-10(11(13)18)12(15(2)14-8)16(6-7-17-3)9-4-5-9/h9H,4-7H2,1-3H3,(H2,13,18). The van der Waals surface area contributed by atoms with Crippen molar-refractivity contribution in [3.63, 3.8) is 0 Å². The normalized spacial score (nSPS) is 14.8. The van der Waals surface area contributed by atoms with Crippen LogP contribution in [0, 0.1) is 6.92 Å². The van der Waals surface area contributed by atoms with Gasteiger partial charge in [-0.05, 0) is 19.8 Å². The summed E-state index contributed by atoms with van der Waals surface area (Å²) in [5, 5.41) is 4.44. The molecule has 1 saturated carbocycles. The van der Waals surface area contributed by atoms with E-state index in [1.54, 1.807) is 7.11 Å². The Kier molecular flexibility index (Phi) is 3.87. The molecule has 1 aliphatic rings. The number of nitrogens with zero attached hydrogens (tertiary/aromatic N) is 3. The van der Waals surface area contributed by atoms with Crippen molar-refractivity contribution in [2.75, 3.05) is 25.2 Å². The van der Waals surface area contributed by atoms with Gasteiger partial charge in [-0.25, -0.2) is 0 Å². The number of aryl methyl sites for hydroxylation is 2. The molecule has 1 heterocycles. The first-order valence-electron chi connectivity index (χ1n) is 6.15. The van der Waals surface area contributed by atoms with Gasteiger partial charge in [0.1, 0.15) is 10.8 Å². The van der Waals surface area contributed by atoms with E-state index in [1.165, 1.54) is 12.8 Å². The Labute approximate surface area is 113 Å². The van der Waals surface area contributed by atoms with Crippen molar-refractivity contribution in [1.82, 2.24) is 9.78 Å². The van der Waals surface area contributed by atoms with Crippen molar-refractivity contribution in [2.45, 2.75) is 25.8 Å². The van der Waals surface area contributed by atoms with Crippen LogP contribution in [0.5, 0.6) is 0 Å². The minimum atomic E-state index is 0.415. The number of hydrogen-bond acceptors (Lipinski definition) is 4. The van der Waals surface area contributed by atoms with E-state index in [-0.39, 0.29) is 0 Å². The van der Waals surface area contributed by atoms with Gasteiger partial charge in [0.05, 0.1) is 17.9 Å². The summed E-state index contributed by atoms with van der Waals surface area (Å²) < 4.78 is 7.06. The highest BCUT2D eigenvalue weighted by Crippen LogP contribution is 2.34. The van der Waals surface area contributed by atoms with Crippen LogP contribution >= 0.6 is 12.2 Å². The summed E-state index contributed by atoms with van der Waals surface area (Å²) >= 11 is 5.16. The monoisotopic (exact) mass is 268 g/mol. The predicted molar refractivity (Wildman–Crippen MR) is 76.1 cm³/mol. The minimum absolute atomic E-state index is 0.415. The van der Waals surface area contributed by atoms with E-state index < -0.39 is 0 Å². The molecule has 0 saturated heterocycles. The van der Waals surface area contributed by atoms with Gasteiger partial charge in [-0.2, -0.15) is 5.10 Å². The lowest BCUT2D eigenvalue weighted by Crippen LogP contribution is -2.33. The Hall–Kier alpha value is -1.14. The first kappa shape index (κ1) is 13.3. The molecule has 1 aromatic heterocycles. The van der Waals surface area contributed by atoms with E-state index in [9.17, 15) is 0 Å². The molecule has 6 heteroatoms. The van der Waals surface area contributed by atoms with E-state index in [0.29, 0.717) is 17.6 Å². The van der Waals surface area contributed by atoms with E-state index in [0.717, 1.165) is 23.6 Å². The summed E-state index contributed by atoms with van der Waals surface area (Å²) in [5.41, 5.74) is 7.63. The number of aromatic nitrogens is 2. The van der Waals surface area contributed by atoms with Crippen LogP contribution in [0.25, 0.3) is 0 Å². The molecule has 1 aromatic rings. The van der Waals surface area contributed by atoms with Crippen molar-refractivity contribution in [1.29, 1.82) is 0 Å². The molecular weight excluding hydrogens is 248 g/mol. The molecule has 18 heavy (non-hydrogen) atoms. The number of rotatable bonds is 6. The Bertz CT molecular complexity index is 453. The molecule has 1 aliphatic carbocycles. The van der Waals surface area contributed by atoms with Crippen molar-refractivity contribution in [3.05, 3.63) is 11.3 Å². The molecule has 1 fully saturated rings. The Morgan fingerprint density at radius 2 is 2.28 bits per heavy atom. The topological polar surface area (TPSA) is 56.3 Å². The fourth-order valence-electron chi connectivity index (χ4n) is 2.30. The van der Waals surface area contributed by atoms with Crippen molar-refractivity contribution in [2.24, 2.45) is 12.8 Å². The van der Waals surface area contributed by atoms with Crippen molar-refractivity contribution < 1.29 is 4.74 Å². The summed E-state index contributed by atoms with van der Waals surface area (Å²) in [6.07, 6.45) is 2.43. The highest BCUT2D eigenvalue weighted by Gasteiger charge is 2.33. The third-order valence-electron chi connectivity index (χ3n) is 3.23. The maximum absolute atomic E-state index is 5.84. The van der Waals surface area contributed by atoms with Crippen LogP contribution < -0.4 is 10.6 Å². The third-order valence-corrected chi connectivity index (χ3v) is 3.44. The molecule has 100 valence electrons. The van der Waals surface area contributed by atoms with E-state index in [2.05, 4.69) is 10.00 Å². The molecule has 0 amide bonds. The van der Waals surface area contributed by atoms with Gasteiger partial charge >= 0.3 is 0 Å². The van der Waals surface area contributed by atoms with Crippen LogP contribution in [-0.2, 0) is 11.8 Å². The molecule has 0 aromatic carbocycles. The molecule has 0 radical (unpaired) electrons. The van der Waals surface area contributed by atoms with Gasteiger partial charge in [0.25, 0.3) is 0 Å². The molecule has 0 spiro atoms. The molecule has 0 atom stereocenters. The van der Waals surface area contributed by atoms with Crippen LogP contribution in [0.3, 0.4) is 0 Å². The molecule has 0 unspecified atom stereocenters. The van der Waals surface area contributed by atoms with Crippen LogP contribution in [0.4, 0.5) is 5.82 Å². The van der Waals surface area contributed by atoms with Crippen molar-refractivity contribution in [3.8, 4) is 0 Å². The highest BCUT2D eigenvalue weighted by molar-refractivity contribution is 7.80. The molecule has 2 rings (SSSR count). The van der Waals surface area contributed by atoms with Crippen LogP contribution in [-0.4, -0.2) is 41.1 Å². The predicted octanol–water partition coefficient (Wildman–Crippen LogP) is 0.978. The van der Waals surface area contributed by atoms with Gasteiger partial charge in [-0.1, -0.05) is 12.2 Å². The molecule has 2 N–H and O–H groups in total. The van der Waals surface area contributed by atoms with Crippen molar-refractivity contribution >= 4 is 23.0 Å². The fourth-order valence-corrected chi connectivity index (χ4v) is 2.54. The SMILES string of the molecule is COCCN(c1c(C(N)=S)c(C)nn1C)C1CC1. The van der Waals surface area contributed by atoms with Gasteiger partial charge in [0.15, 0.2) is 0 Å². The second-order valence-electron chi connectivity index (χ2n) is 4.69. The minimum Gasteiger partial charge on any atom is -0.389 e. The number of ether oxygens (including phenoxy) is 1. The van der Waals surface area contributed by atoms with Gasteiger partial charge in [0, 0.05) is 26.7 Å².